The van der Waals surface area contributed by atoms with Gasteiger partial charge in [0, 0.05) is 18.0 Å². The lowest BCUT2D eigenvalue weighted by Gasteiger charge is -2.07. The molecule has 0 fully saturated rings. The summed E-state index contributed by atoms with van der Waals surface area (Å²) in [5, 5.41) is 21.0. The average Bonchev–Trinajstić information content (AvgIpc) is 2.30. The van der Waals surface area contributed by atoms with Gasteiger partial charge in [0.1, 0.15) is 6.07 Å². The molecule has 3 nitrogen and oxygen atoms in total. The predicted molar refractivity (Wildman–Crippen MR) is 64.1 cm³/mol. The van der Waals surface area contributed by atoms with Crippen LogP contribution in [0.1, 0.15) is 24.8 Å². The van der Waals surface area contributed by atoms with E-state index in [0.29, 0.717) is 17.0 Å². The van der Waals surface area contributed by atoms with Crippen LogP contribution in [-0.4, -0.2) is 6.54 Å². The molecule has 0 aliphatic rings. The molecule has 0 amide bonds. The summed E-state index contributed by atoms with van der Waals surface area (Å²) in [6.07, 6.45) is 2.37. The first-order valence-electron chi connectivity index (χ1n) is 5.08. The normalized spacial score (nSPS) is 9.19. The van der Waals surface area contributed by atoms with E-state index >= 15 is 0 Å². The second-order valence-corrected chi connectivity index (χ2v) is 3.78. The Kier molecular flexibility index (Phi) is 5.19. The van der Waals surface area contributed by atoms with Crippen LogP contribution in [0.25, 0.3) is 0 Å². The summed E-state index contributed by atoms with van der Waals surface area (Å²) in [5.74, 6) is 0. The molecule has 0 saturated heterocycles. The molecule has 0 bridgehead atoms. The highest BCUT2D eigenvalue weighted by Gasteiger charge is 2.01. The van der Waals surface area contributed by atoms with Gasteiger partial charge in [-0.05, 0) is 31.0 Å². The standard InChI is InChI=1S/C12H12ClN3/c13-11-4-5-12(10(8-11)9-15)16-7-3-1-2-6-14/h4-5,8,16H,1-3,7H2. The van der Waals surface area contributed by atoms with Gasteiger partial charge in [-0.3, -0.25) is 0 Å². The molecule has 1 N–H and O–H groups in total. The van der Waals surface area contributed by atoms with E-state index in [1.54, 1.807) is 18.2 Å². The molecule has 1 aromatic rings. The Morgan fingerprint density at radius 1 is 1.25 bits per heavy atom. The molecule has 0 heterocycles. The molecular weight excluding hydrogens is 222 g/mol. The number of hydrogen-bond donors (Lipinski definition) is 1. The van der Waals surface area contributed by atoms with Gasteiger partial charge in [-0.25, -0.2) is 0 Å². The van der Waals surface area contributed by atoms with Crippen LogP contribution in [0.3, 0.4) is 0 Å². The lowest BCUT2D eigenvalue weighted by Crippen LogP contribution is -2.02. The molecule has 1 aromatic carbocycles. The zero-order valence-corrected chi connectivity index (χ0v) is 9.59. The largest absolute Gasteiger partial charge is 0.384 e. The van der Waals surface area contributed by atoms with Crippen molar-refractivity contribution in [2.24, 2.45) is 0 Å². The van der Waals surface area contributed by atoms with Crippen LogP contribution in [0.4, 0.5) is 5.69 Å². The van der Waals surface area contributed by atoms with E-state index in [-0.39, 0.29) is 0 Å². The number of rotatable bonds is 5. The minimum absolute atomic E-state index is 0.549. The quantitative estimate of drug-likeness (QED) is 0.794. The van der Waals surface area contributed by atoms with E-state index in [2.05, 4.69) is 17.5 Å². The summed E-state index contributed by atoms with van der Waals surface area (Å²) >= 11 is 5.78. The second kappa shape index (κ2) is 6.71. The smallest absolute Gasteiger partial charge is 0.101 e. The number of nitrogens with zero attached hydrogens (tertiary/aromatic N) is 2. The number of hydrogen-bond acceptors (Lipinski definition) is 3. The molecule has 0 radical (unpaired) electrons. The van der Waals surface area contributed by atoms with Crippen molar-refractivity contribution in [3.05, 3.63) is 28.8 Å². The SMILES string of the molecule is N#CCCCCNc1ccc(Cl)cc1C#N. The molecule has 0 atom stereocenters. The third kappa shape index (κ3) is 3.81. The monoisotopic (exact) mass is 233 g/mol. The Hall–Kier alpha value is -1.71. The van der Waals surface area contributed by atoms with Crippen LogP contribution in [0.5, 0.6) is 0 Å². The first kappa shape index (κ1) is 12.4. The Labute approximate surface area is 100 Å². The van der Waals surface area contributed by atoms with E-state index in [4.69, 9.17) is 22.1 Å². The summed E-state index contributed by atoms with van der Waals surface area (Å²) in [6.45, 7) is 0.762. The molecule has 0 aliphatic carbocycles. The molecule has 1 rings (SSSR count). The van der Waals surface area contributed by atoms with Gasteiger partial charge in [0.25, 0.3) is 0 Å². The van der Waals surface area contributed by atoms with Crippen molar-refractivity contribution in [2.75, 3.05) is 11.9 Å². The molecule has 0 aromatic heterocycles. The Morgan fingerprint density at radius 3 is 2.75 bits per heavy atom. The summed E-state index contributed by atoms with van der Waals surface area (Å²) in [4.78, 5) is 0. The minimum atomic E-state index is 0.549. The van der Waals surface area contributed by atoms with E-state index in [9.17, 15) is 0 Å². The van der Waals surface area contributed by atoms with E-state index in [1.165, 1.54) is 0 Å². The van der Waals surface area contributed by atoms with Gasteiger partial charge in [0.2, 0.25) is 0 Å². The molecule has 0 aliphatic heterocycles. The van der Waals surface area contributed by atoms with Gasteiger partial charge >= 0.3 is 0 Å². The first-order valence-corrected chi connectivity index (χ1v) is 5.46. The van der Waals surface area contributed by atoms with E-state index in [1.807, 2.05) is 0 Å². The van der Waals surface area contributed by atoms with Crippen LogP contribution < -0.4 is 5.32 Å². The summed E-state index contributed by atoms with van der Waals surface area (Å²) in [6, 6.07) is 9.37. The van der Waals surface area contributed by atoms with Crippen molar-refractivity contribution in [3.63, 3.8) is 0 Å². The molecule has 0 unspecified atom stereocenters. The molecule has 0 spiro atoms. The minimum Gasteiger partial charge on any atom is -0.384 e. The van der Waals surface area contributed by atoms with Crippen molar-refractivity contribution in [1.29, 1.82) is 10.5 Å². The van der Waals surface area contributed by atoms with Crippen LogP contribution in [0, 0.1) is 22.7 Å². The summed E-state index contributed by atoms with van der Waals surface area (Å²) in [5.41, 5.74) is 1.34. The molecule has 0 saturated carbocycles. The fourth-order valence-electron chi connectivity index (χ4n) is 1.32. The highest BCUT2D eigenvalue weighted by Crippen LogP contribution is 2.19. The maximum absolute atomic E-state index is 8.89. The zero-order valence-electron chi connectivity index (χ0n) is 8.83. The zero-order chi connectivity index (χ0) is 11.8. The molecule has 16 heavy (non-hydrogen) atoms. The number of nitrogens with one attached hydrogen (secondary N) is 1. The lowest BCUT2D eigenvalue weighted by molar-refractivity contribution is 0.784. The number of benzene rings is 1. The molecular formula is C12H12ClN3. The van der Waals surface area contributed by atoms with Crippen molar-refractivity contribution in [2.45, 2.75) is 19.3 Å². The third-order valence-corrected chi connectivity index (χ3v) is 2.37. The van der Waals surface area contributed by atoms with Gasteiger partial charge in [-0.15, -0.1) is 0 Å². The maximum atomic E-state index is 8.89. The average molecular weight is 234 g/mol. The van der Waals surface area contributed by atoms with E-state index in [0.717, 1.165) is 25.1 Å². The Bertz CT molecular complexity index is 429. The number of anilines is 1. The Balaban J connectivity index is 2.48. The third-order valence-electron chi connectivity index (χ3n) is 2.13. The predicted octanol–water partition coefficient (Wildman–Crippen LogP) is 3.32. The van der Waals surface area contributed by atoms with E-state index < -0.39 is 0 Å². The second-order valence-electron chi connectivity index (χ2n) is 3.34. The summed E-state index contributed by atoms with van der Waals surface area (Å²) < 4.78 is 0. The van der Waals surface area contributed by atoms with Crippen LogP contribution in [-0.2, 0) is 0 Å². The van der Waals surface area contributed by atoms with Crippen molar-refractivity contribution < 1.29 is 0 Å². The molecule has 82 valence electrons. The molecule has 4 heteroatoms. The lowest BCUT2D eigenvalue weighted by atomic mass is 10.2. The van der Waals surface area contributed by atoms with Gasteiger partial charge in [-0.1, -0.05) is 11.6 Å². The highest BCUT2D eigenvalue weighted by molar-refractivity contribution is 6.30. The van der Waals surface area contributed by atoms with Crippen LogP contribution in [0.2, 0.25) is 5.02 Å². The maximum Gasteiger partial charge on any atom is 0.101 e. The van der Waals surface area contributed by atoms with Crippen LogP contribution >= 0.6 is 11.6 Å². The first-order chi connectivity index (χ1) is 7.77. The number of nitriles is 2. The highest BCUT2D eigenvalue weighted by atomic mass is 35.5. The van der Waals surface area contributed by atoms with Crippen molar-refractivity contribution in [3.8, 4) is 12.1 Å². The number of unbranched alkanes of at least 4 members (excludes halogenated alkanes) is 2. The van der Waals surface area contributed by atoms with Crippen molar-refractivity contribution in [1.82, 2.24) is 0 Å². The number of halogens is 1. The van der Waals surface area contributed by atoms with Crippen molar-refractivity contribution >= 4 is 17.3 Å². The Morgan fingerprint density at radius 2 is 2.06 bits per heavy atom. The fraction of sp³-hybridized carbons (Fsp3) is 0.333. The topological polar surface area (TPSA) is 59.6 Å². The summed E-state index contributed by atoms with van der Waals surface area (Å²) in [7, 11) is 0. The van der Waals surface area contributed by atoms with Gasteiger partial charge in [0.05, 0.1) is 17.3 Å². The fourth-order valence-corrected chi connectivity index (χ4v) is 1.49. The van der Waals surface area contributed by atoms with Gasteiger partial charge in [0.15, 0.2) is 0 Å². The van der Waals surface area contributed by atoms with Crippen LogP contribution in [0.15, 0.2) is 18.2 Å². The van der Waals surface area contributed by atoms with Gasteiger partial charge in [-0.2, -0.15) is 10.5 Å². The van der Waals surface area contributed by atoms with Gasteiger partial charge < -0.3 is 5.32 Å².